The van der Waals surface area contributed by atoms with E-state index in [0.717, 1.165) is 12.8 Å². The molecule has 0 aromatic heterocycles. The molecule has 0 saturated heterocycles. The van der Waals surface area contributed by atoms with Crippen LogP contribution >= 0.6 is 0 Å². The van der Waals surface area contributed by atoms with Gasteiger partial charge in [0.15, 0.2) is 17.6 Å². The fourth-order valence-corrected chi connectivity index (χ4v) is 1.84. The summed E-state index contributed by atoms with van der Waals surface area (Å²) in [5.41, 5.74) is 0.481. The van der Waals surface area contributed by atoms with Gasteiger partial charge in [0.1, 0.15) is 0 Å². The van der Waals surface area contributed by atoms with Gasteiger partial charge in [0.05, 0.1) is 25.3 Å². The van der Waals surface area contributed by atoms with Crippen molar-refractivity contribution >= 4 is 5.97 Å². The lowest BCUT2D eigenvalue weighted by molar-refractivity contribution is -0.149. The van der Waals surface area contributed by atoms with Crippen molar-refractivity contribution in [1.29, 1.82) is 5.26 Å². The van der Waals surface area contributed by atoms with Crippen molar-refractivity contribution < 1.29 is 19.0 Å². The molecule has 0 saturated carbocycles. The van der Waals surface area contributed by atoms with Gasteiger partial charge in [-0.2, -0.15) is 5.26 Å². The zero-order chi connectivity index (χ0) is 15.7. The highest BCUT2D eigenvalue weighted by molar-refractivity contribution is 5.75. The van der Waals surface area contributed by atoms with Crippen LogP contribution in [0.1, 0.15) is 38.7 Å². The van der Waals surface area contributed by atoms with Crippen LogP contribution in [0.25, 0.3) is 0 Å². The highest BCUT2D eigenvalue weighted by Crippen LogP contribution is 2.30. The van der Waals surface area contributed by atoms with Gasteiger partial charge in [-0.05, 0) is 31.9 Å². The number of hydrogen-bond acceptors (Lipinski definition) is 5. The Kier molecular flexibility index (Phi) is 7.10. The molecule has 0 bridgehead atoms. The Bertz CT molecular complexity index is 507. The molecule has 1 aromatic carbocycles. The molecule has 0 spiro atoms. The number of ether oxygens (including phenoxy) is 3. The predicted octanol–water partition coefficient (Wildman–Crippen LogP) is 3.07. The standard InChI is InChI=1S/C16H21NO4/c1-4-6-7-14(16(18)19-3)21-13-9-8-12(11-17)10-15(13)20-5-2/h8-10,14H,4-7H2,1-3H3. The van der Waals surface area contributed by atoms with Gasteiger partial charge in [0.2, 0.25) is 0 Å². The summed E-state index contributed by atoms with van der Waals surface area (Å²) >= 11 is 0. The Morgan fingerprint density at radius 2 is 2.10 bits per heavy atom. The number of carbonyl (C=O) groups excluding carboxylic acids is 1. The molecule has 0 aliphatic carbocycles. The van der Waals surface area contributed by atoms with Crippen LogP contribution in [0.4, 0.5) is 0 Å². The van der Waals surface area contributed by atoms with Crippen molar-refractivity contribution in [3.8, 4) is 17.6 Å². The maximum Gasteiger partial charge on any atom is 0.347 e. The lowest BCUT2D eigenvalue weighted by Gasteiger charge is -2.19. The fraction of sp³-hybridized carbons (Fsp3) is 0.500. The van der Waals surface area contributed by atoms with Crippen LogP contribution in [0, 0.1) is 11.3 Å². The molecule has 21 heavy (non-hydrogen) atoms. The Morgan fingerprint density at radius 1 is 1.33 bits per heavy atom. The number of carbonyl (C=O) groups is 1. The highest BCUT2D eigenvalue weighted by atomic mass is 16.6. The molecule has 114 valence electrons. The molecule has 1 atom stereocenters. The number of nitrogens with zero attached hydrogens (tertiary/aromatic N) is 1. The van der Waals surface area contributed by atoms with E-state index in [9.17, 15) is 4.79 Å². The number of unbranched alkanes of at least 4 members (excludes halogenated alkanes) is 1. The van der Waals surface area contributed by atoms with E-state index in [0.29, 0.717) is 30.1 Å². The average molecular weight is 291 g/mol. The van der Waals surface area contributed by atoms with Crippen molar-refractivity contribution in [1.82, 2.24) is 0 Å². The predicted molar refractivity (Wildman–Crippen MR) is 78.3 cm³/mol. The smallest absolute Gasteiger partial charge is 0.347 e. The largest absolute Gasteiger partial charge is 0.490 e. The minimum absolute atomic E-state index is 0.407. The van der Waals surface area contributed by atoms with Gasteiger partial charge in [0, 0.05) is 6.07 Å². The summed E-state index contributed by atoms with van der Waals surface area (Å²) in [4.78, 5) is 11.8. The second-order valence-electron chi connectivity index (χ2n) is 4.48. The molecule has 0 radical (unpaired) electrons. The van der Waals surface area contributed by atoms with Gasteiger partial charge in [0.25, 0.3) is 0 Å². The van der Waals surface area contributed by atoms with Crippen LogP contribution < -0.4 is 9.47 Å². The van der Waals surface area contributed by atoms with E-state index in [2.05, 4.69) is 0 Å². The number of methoxy groups -OCH3 is 1. The average Bonchev–Trinajstić information content (AvgIpc) is 2.52. The summed E-state index contributed by atoms with van der Waals surface area (Å²) in [6.45, 7) is 4.34. The third-order valence-electron chi connectivity index (χ3n) is 2.93. The van der Waals surface area contributed by atoms with Crippen molar-refractivity contribution in [2.45, 2.75) is 39.2 Å². The first-order valence-electron chi connectivity index (χ1n) is 7.07. The quantitative estimate of drug-likeness (QED) is 0.688. The van der Waals surface area contributed by atoms with E-state index in [-0.39, 0.29) is 0 Å². The first-order valence-corrected chi connectivity index (χ1v) is 7.07. The Hall–Kier alpha value is -2.22. The van der Waals surface area contributed by atoms with Crippen molar-refractivity contribution in [3.63, 3.8) is 0 Å². The number of esters is 1. The summed E-state index contributed by atoms with van der Waals surface area (Å²) in [6, 6.07) is 6.93. The van der Waals surface area contributed by atoms with E-state index >= 15 is 0 Å². The number of nitriles is 1. The molecular formula is C16H21NO4. The van der Waals surface area contributed by atoms with Crippen LogP contribution in [0.5, 0.6) is 11.5 Å². The van der Waals surface area contributed by atoms with Crippen LogP contribution in [-0.2, 0) is 9.53 Å². The first-order chi connectivity index (χ1) is 10.2. The maximum absolute atomic E-state index is 11.8. The Morgan fingerprint density at radius 3 is 2.67 bits per heavy atom. The second-order valence-corrected chi connectivity index (χ2v) is 4.48. The summed E-state index contributed by atoms with van der Waals surface area (Å²) in [6.07, 6.45) is 1.74. The van der Waals surface area contributed by atoms with Gasteiger partial charge in [-0.3, -0.25) is 0 Å². The van der Waals surface area contributed by atoms with E-state index < -0.39 is 12.1 Å². The van der Waals surface area contributed by atoms with Crippen molar-refractivity contribution in [2.75, 3.05) is 13.7 Å². The topological polar surface area (TPSA) is 68.5 Å². The molecule has 0 aliphatic rings. The fourth-order valence-electron chi connectivity index (χ4n) is 1.84. The van der Waals surface area contributed by atoms with Gasteiger partial charge < -0.3 is 14.2 Å². The highest BCUT2D eigenvalue weighted by Gasteiger charge is 2.22. The Labute approximate surface area is 125 Å². The van der Waals surface area contributed by atoms with Crippen LogP contribution in [0.3, 0.4) is 0 Å². The van der Waals surface area contributed by atoms with E-state index in [4.69, 9.17) is 19.5 Å². The molecule has 0 aliphatic heterocycles. The lowest BCUT2D eigenvalue weighted by Crippen LogP contribution is -2.28. The third-order valence-corrected chi connectivity index (χ3v) is 2.93. The number of rotatable bonds is 8. The molecular weight excluding hydrogens is 270 g/mol. The van der Waals surface area contributed by atoms with Crippen molar-refractivity contribution in [2.24, 2.45) is 0 Å². The van der Waals surface area contributed by atoms with Crippen molar-refractivity contribution in [3.05, 3.63) is 23.8 Å². The van der Waals surface area contributed by atoms with E-state index in [1.54, 1.807) is 18.2 Å². The monoisotopic (exact) mass is 291 g/mol. The van der Waals surface area contributed by atoms with Crippen LogP contribution in [-0.4, -0.2) is 25.8 Å². The number of hydrogen-bond donors (Lipinski definition) is 0. The minimum Gasteiger partial charge on any atom is -0.490 e. The minimum atomic E-state index is -0.665. The summed E-state index contributed by atoms with van der Waals surface area (Å²) < 4.78 is 16.0. The molecule has 0 amide bonds. The summed E-state index contributed by atoms with van der Waals surface area (Å²) in [5.74, 6) is 0.500. The molecule has 5 nitrogen and oxygen atoms in total. The molecule has 1 unspecified atom stereocenters. The van der Waals surface area contributed by atoms with Gasteiger partial charge >= 0.3 is 5.97 Å². The van der Waals surface area contributed by atoms with Gasteiger partial charge in [-0.1, -0.05) is 13.3 Å². The molecule has 1 rings (SSSR count). The molecule has 0 N–H and O–H groups in total. The molecule has 5 heteroatoms. The lowest BCUT2D eigenvalue weighted by atomic mass is 10.1. The molecule has 0 heterocycles. The summed E-state index contributed by atoms with van der Waals surface area (Å²) in [7, 11) is 1.34. The SMILES string of the molecule is CCCCC(Oc1ccc(C#N)cc1OCC)C(=O)OC. The zero-order valence-corrected chi connectivity index (χ0v) is 12.7. The van der Waals surface area contributed by atoms with Crippen LogP contribution in [0.2, 0.25) is 0 Å². The van der Waals surface area contributed by atoms with Gasteiger partial charge in [-0.15, -0.1) is 0 Å². The van der Waals surface area contributed by atoms with E-state index in [1.165, 1.54) is 7.11 Å². The number of benzene rings is 1. The zero-order valence-electron chi connectivity index (χ0n) is 12.7. The van der Waals surface area contributed by atoms with Crippen LogP contribution in [0.15, 0.2) is 18.2 Å². The van der Waals surface area contributed by atoms with Gasteiger partial charge in [-0.25, -0.2) is 4.79 Å². The molecule has 1 aromatic rings. The first kappa shape index (κ1) is 16.8. The molecule has 0 fully saturated rings. The third kappa shape index (κ3) is 4.99. The maximum atomic E-state index is 11.8. The second kappa shape index (κ2) is 8.85. The summed E-state index contributed by atoms with van der Waals surface area (Å²) in [5, 5.41) is 8.92. The normalized spacial score (nSPS) is 11.3. The van der Waals surface area contributed by atoms with E-state index in [1.807, 2.05) is 19.9 Å². The Balaban J connectivity index is 2.96.